The van der Waals surface area contributed by atoms with Gasteiger partial charge in [0.1, 0.15) is 0 Å². The van der Waals surface area contributed by atoms with Crippen LogP contribution in [0, 0.1) is 6.92 Å². The molecule has 5 nitrogen and oxygen atoms in total. The zero-order chi connectivity index (χ0) is 13.8. The minimum absolute atomic E-state index is 0.177. The van der Waals surface area contributed by atoms with Crippen molar-refractivity contribution in [3.8, 4) is 0 Å². The molecule has 0 fully saturated rings. The van der Waals surface area contributed by atoms with E-state index in [0.717, 1.165) is 0 Å². The average molecular weight is 273 g/mol. The molecule has 0 radical (unpaired) electrons. The number of hydrogen-bond acceptors (Lipinski definition) is 4. The Morgan fingerprint density at radius 3 is 2.67 bits per heavy atom. The molecule has 2 N–H and O–H groups in total. The minimum atomic E-state index is -3.57. The molecule has 0 aromatic heterocycles. The van der Waals surface area contributed by atoms with Gasteiger partial charge in [-0.25, -0.2) is 13.1 Å². The predicted molar refractivity (Wildman–Crippen MR) is 68.8 cm³/mol. The summed E-state index contributed by atoms with van der Waals surface area (Å²) >= 11 is 0. The fourth-order valence-corrected chi connectivity index (χ4v) is 2.91. The Morgan fingerprint density at radius 2 is 2.11 bits per heavy atom. The summed E-state index contributed by atoms with van der Waals surface area (Å²) in [5.74, 6) is 0. The number of sulfonamides is 1. The van der Waals surface area contributed by atoms with E-state index in [1.165, 1.54) is 13.2 Å². The highest BCUT2D eigenvalue weighted by molar-refractivity contribution is 7.89. The number of aliphatic hydroxyl groups excluding tert-OH is 1. The van der Waals surface area contributed by atoms with Crippen molar-refractivity contribution in [1.82, 2.24) is 4.72 Å². The average Bonchev–Trinajstić information content (AvgIpc) is 2.36. The molecule has 0 aliphatic rings. The molecule has 1 aromatic rings. The topological polar surface area (TPSA) is 75.6 Å². The first-order valence-corrected chi connectivity index (χ1v) is 7.12. The van der Waals surface area contributed by atoms with E-state index >= 15 is 0 Å². The lowest BCUT2D eigenvalue weighted by atomic mass is 10.1. The zero-order valence-electron chi connectivity index (χ0n) is 10.8. The maximum absolute atomic E-state index is 12.1. The van der Waals surface area contributed by atoms with Gasteiger partial charge in [0.2, 0.25) is 10.0 Å². The summed E-state index contributed by atoms with van der Waals surface area (Å²) in [6.45, 7) is 3.49. The molecule has 0 spiro atoms. The summed E-state index contributed by atoms with van der Waals surface area (Å²) in [5.41, 5.74) is 1.18. The highest BCUT2D eigenvalue weighted by Crippen LogP contribution is 2.18. The Bertz CT molecular complexity index is 499. The van der Waals surface area contributed by atoms with Gasteiger partial charge in [-0.15, -0.1) is 0 Å². The van der Waals surface area contributed by atoms with Crippen molar-refractivity contribution in [2.24, 2.45) is 0 Å². The number of ether oxygens (including phenoxy) is 1. The fourth-order valence-electron chi connectivity index (χ4n) is 1.51. The molecule has 18 heavy (non-hydrogen) atoms. The van der Waals surface area contributed by atoms with Crippen LogP contribution in [0.2, 0.25) is 0 Å². The molecular weight excluding hydrogens is 254 g/mol. The summed E-state index contributed by atoms with van der Waals surface area (Å²) < 4.78 is 31.7. The maximum atomic E-state index is 12.1. The lowest BCUT2D eigenvalue weighted by Gasteiger charge is -2.14. The molecule has 0 saturated heterocycles. The van der Waals surface area contributed by atoms with Gasteiger partial charge in [-0.1, -0.05) is 12.1 Å². The van der Waals surface area contributed by atoms with Crippen LogP contribution in [0.3, 0.4) is 0 Å². The molecule has 1 rings (SSSR count). The van der Waals surface area contributed by atoms with Crippen LogP contribution in [0.1, 0.15) is 18.1 Å². The van der Waals surface area contributed by atoms with Crippen LogP contribution in [0.15, 0.2) is 23.1 Å². The van der Waals surface area contributed by atoms with Gasteiger partial charge in [0.25, 0.3) is 0 Å². The molecule has 0 heterocycles. The lowest BCUT2D eigenvalue weighted by Crippen LogP contribution is -2.32. The first kappa shape index (κ1) is 15.1. The number of benzene rings is 1. The van der Waals surface area contributed by atoms with Gasteiger partial charge >= 0.3 is 0 Å². The smallest absolute Gasteiger partial charge is 0.240 e. The molecule has 0 saturated carbocycles. The van der Waals surface area contributed by atoms with Crippen molar-refractivity contribution in [1.29, 1.82) is 0 Å². The number of rotatable bonds is 6. The fraction of sp³-hybridized carbons (Fsp3) is 0.500. The van der Waals surface area contributed by atoms with Crippen LogP contribution in [0.4, 0.5) is 0 Å². The second-order valence-electron chi connectivity index (χ2n) is 4.10. The monoisotopic (exact) mass is 273 g/mol. The third-order valence-corrected chi connectivity index (χ3v) is 4.39. The number of methoxy groups -OCH3 is 1. The second kappa shape index (κ2) is 6.29. The van der Waals surface area contributed by atoms with E-state index in [1.54, 1.807) is 26.0 Å². The van der Waals surface area contributed by atoms with Gasteiger partial charge in [-0.3, -0.25) is 0 Å². The Balaban J connectivity index is 2.98. The van der Waals surface area contributed by atoms with E-state index in [2.05, 4.69) is 4.72 Å². The quantitative estimate of drug-likeness (QED) is 0.804. The van der Waals surface area contributed by atoms with E-state index in [1.807, 2.05) is 0 Å². The first-order chi connectivity index (χ1) is 8.42. The standard InChI is InChI=1S/C12H19NO4S/c1-9(17-3)7-13-18(15,16)12-6-4-5-11(8-14)10(12)2/h4-6,9,13-14H,7-8H2,1-3H3. The van der Waals surface area contributed by atoms with Gasteiger partial charge in [0, 0.05) is 13.7 Å². The molecule has 102 valence electrons. The third-order valence-electron chi connectivity index (χ3n) is 2.82. The second-order valence-corrected chi connectivity index (χ2v) is 5.83. The summed E-state index contributed by atoms with van der Waals surface area (Å²) in [6.07, 6.45) is -0.193. The molecule has 0 amide bonds. The molecule has 1 atom stereocenters. The van der Waals surface area contributed by atoms with Crippen molar-refractivity contribution in [3.05, 3.63) is 29.3 Å². The van der Waals surface area contributed by atoms with Crippen LogP contribution in [-0.2, 0) is 21.4 Å². The SMILES string of the molecule is COC(C)CNS(=O)(=O)c1cccc(CO)c1C. The minimum Gasteiger partial charge on any atom is -0.392 e. The van der Waals surface area contributed by atoms with E-state index < -0.39 is 10.0 Å². The maximum Gasteiger partial charge on any atom is 0.240 e. The molecule has 6 heteroatoms. The molecule has 0 aliphatic carbocycles. The van der Waals surface area contributed by atoms with Crippen LogP contribution in [-0.4, -0.2) is 33.3 Å². The van der Waals surface area contributed by atoms with Crippen molar-refractivity contribution < 1.29 is 18.3 Å². The van der Waals surface area contributed by atoms with Gasteiger partial charge in [-0.05, 0) is 31.0 Å². The Hall–Kier alpha value is -0.950. The van der Waals surface area contributed by atoms with Crippen molar-refractivity contribution in [2.75, 3.05) is 13.7 Å². The Labute approximate surface area is 108 Å². The van der Waals surface area contributed by atoms with Crippen molar-refractivity contribution in [2.45, 2.75) is 31.5 Å². The predicted octanol–water partition coefficient (Wildman–Crippen LogP) is 0.801. The lowest BCUT2D eigenvalue weighted by molar-refractivity contribution is 0.122. The molecule has 1 aromatic carbocycles. The van der Waals surface area contributed by atoms with E-state index in [0.29, 0.717) is 11.1 Å². The molecular formula is C12H19NO4S. The Morgan fingerprint density at radius 1 is 1.44 bits per heavy atom. The Kier molecular flexibility index (Phi) is 5.28. The van der Waals surface area contributed by atoms with E-state index in [4.69, 9.17) is 9.84 Å². The first-order valence-electron chi connectivity index (χ1n) is 5.64. The van der Waals surface area contributed by atoms with Crippen molar-refractivity contribution >= 4 is 10.0 Å². The summed E-state index contributed by atoms with van der Waals surface area (Å²) in [5, 5.41) is 9.13. The summed E-state index contributed by atoms with van der Waals surface area (Å²) in [6, 6.07) is 4.84. The van der Waals surface area contributed by atoms with E-state index in [-0.39, 0.29) is 24.2 Å². The van der Waals surface area contributed by atoms with Gasteiger partial charge < -0.3 is 9.84 Å². The van der Waals surface area contributed by atoms with Crippen LogP contribution < -0.4 is 4.72 Å². The normalized spacial score (nSPS) is 13.6. The van der Waals surface area contributed by atoms with Gasteiger partial charge in [-0.2, -0.15) is 0 Å². The number of aliphatic hydroxyl groups is 1. The third kappa shape index (κ3) is 3.52. The molecule has 1 unspecified atom stereocenters. The van der Waals surface area contributed by atoms with Crippen LogP contribution in [0.25, 0.3) is 0 Å². The van der Waals surface area contributed by atoms with Crippen LogP contribution in [0.5, 0.6) is 0 Å². The van der Waals surface area contributed by atoms with Gasteiger partial charge in [0.05, 0.1) is 17.6 Å². The highest BCUT2D eigenvalue weighted by Gasteiger charge is 2.18. The summed E-state index contributed by atoms with van der Waals surface area (Å²) in [7, 11) is -2.05. The number of hydrogen-bond donors (Lipinski definition) is 2. The number of nitrogens with one attached hydrogen (secondary N) is 1. The van der Waals surface area contributed by atoms with Crippen LogP contribution >= 0.6 is 0 Å². The van der Waals surface area contributed by atoms with Crippen molar-refractivity contribution in [3.63, 3.8) is 0 Å². The highest BCUT2D eigenvalue weighted by atomic mass is 32.2. The van der Waals surface area contributed by atoms with E-state index in [9.17, 15) is 8.42 Å². The summed E-state index contributed by atoms with van der Waals surface area (Å²) in [4.78, 5) is 0.192. The molecule has 0 aliphatic heterocycles. The molecule has 0 bridgehead atoms. The van der Waals surface area contributed by atoms with Gasteiger partial charge in [0.15, 0.2) is 0 Å². The largest absolute Gasteiger partial charge is 0.392 e. The zero-order valence-corrected chi connectivity index (χ0v) is 11.6.